The van der Waals surface area contributed by atoms with Crippen LogP contribution in [0.5, 0.6) is 0 Å². The second-order valence-corrected chi connectivity index (χ2v) is 3.18. The van der Waals surface area contributed by atoms with Gasteiger partial charge in [-0.3, -0.25) is 0 Å². The minimum absolute atomic E-state index is 0.786. The molecule has 0 nitrogen and oxygen atoms in total. The predicted octanol–water partition coefficient (Wildman–Crippen LogP) is 1.88. The van der Waals surface area contributed by atoms with Crippen LogP contribution in [0.4, 0.5) is 0 Å². The van der Waals surface area contributed by atoms with Gasteiger partial charge in [0.05, 0.1) is 0 Å². The molecule has 1 heteroatoms. The zero-order valence-corrected chi connectivity index (χ0v) is 7.15. The molecule has 0 saturated heterocycles. The smallest absolute Gasteiger partial charge is 0.0926 e. The standard InChI is InChI=1S/C9H15B/c1-3-7(2)8-4-5-9(10)6-8/h5-7H,3-4,10H2,1-2H3. The Bertz CT molecular complexity index is 177. The normalized spacial score (nSPS) is 20.2. The van der Waals surface area contributed by atoms with Crippen molar-refractivity contribution in [3.05, 3.63) is 23.2 Å². The zero-order chi connectivity index (χ0) is 7.56. The van der Waals surface area contributed by atoms with Gasteiger partial charge in [0.1, 0.15) is 7.85 Å². The van der Waals surface area contributed by atoms with Gasteiger partial charge in [-0.2, -0.15) is 0 Å². The fourth-order valence-electron chi connectivity index (χ4n) is 1.29. The lowest BCUT2D eigenvalue weighted by molar-refractivity contribution is 0.646. The summed E-state index contributed by atoms with van der Waals surface area (Å²) in [6.45, 7) is 4.55. The minimum Gasteiger partial charge on any atom is -0.0926 e. The molecule has 0 radical (unpaired) electrons. The molecule has 0 aromatic rings. The molecule has 0 heterocycles. The van der Waals surface area contributed by atoms with Gasteiger partial charge in [-0.25, -0.2) is 0 Å². The highest BCUT2D eigenvalue weighted by Gasteiger charge is 2.08. The monoisotopic (exact) mass is 134 g/mol. The fourth-order valence-corrected chi connectivity index (χ4v) is 1.29. The second kappa shape index (κ2) is 3.09. The molecule has 0 N–H and O–H groups in total. The van der Waals surface area contributed by atoms with Gasteiger partial charge in [0, 0.05) is 0 Å². The van der Waals surface area contributed by atoms with Gasteiger partial charge < -0.3 is 0 Å². The maximum absolute atomic E-state index is 2.33. The summed E-state index contributed by atoms with van der Waals surface area (Å²) in [7, 11) is 2.18. The Kier molecular flexibility index (Phi) is 2.36. The number of rotatable bonds is 2. The van der Waals surface area contributed by atoms with Crippen molar-refractivity contribution < 1.29 is 0 Å². The van der Waals surface area contributed by atoms with E-state index in [1.165, 1.54) is 18.3 Å². The van der Waals surface area contributed by atoms with E-state index in [9.17, 15) is 0 Å². The van der Waals surface area contributed by atoms with Gasteiger partial charge in [0.2, 0.25) is 0 Å². The molecule has 0 aliphatic heterocycles. The van der Waals surface area contributed by atoms with E-state index in [4.69, 9.17) is 0 Å². The van der Waals surface area contributed by atoms with Crippen LogP contribution >= 0.6 is 0 Å². The molecule has 1 rings (SSSR count). The van der Waals surface area contributed by atoms with Crippen LogP contribution in [-0.2, 0) is 0 Å². The van der Waals surface area contributed by atoms with Crippen molar-refractivity contribution in [3.8, 4) is 0 Å². The Labute approximate surface area is 64.4 Å². The molecule has 1 aliphatic carbocycles. The van der Waals surface area contributed by atoms with Crippen LogP contribution in [0, 0.1) is 5.92 Å². The van der Waals surface area contributed by atoms with Crippen molar-refractivity contribution in [1.29, 1.82) is 0 Å². The van der Waals surface area contributed by atoms with Crippen LogP contribution < -0.4 is 0 Å². The minimum atomic E-state index is 0.786. The van der Waals surface area contributed by atoms with Crippen LogP contribution in [0.15, 0.2) is 23.2 Å². The molecular weight excluding hydrogens is 119 g/mol. The highest BCUT2D eigenvalue weighted by molar-refractivity contribution is 6.23. The van der Waals surface area contributed by atoms with E-state index in [2.05, 4.69) is 33.8 Å². The fraction of sp³-hybridized carbons (Fsp3) is 0.556. The topological polar surface area (TPSA) is 0 Å². The SMILES string of the molecule is BC1=CCC(C(C)CC)=C1. The van der Waals surface area contributed by atoms with Crippen molar-refractivity contribution >= 4 is 7.85 Å². The summed E-state index contributed by atoms with van der Waals surface area (Å²) in [5.41, 5.74) is 3.05. The molecule has 0 spiro atoms. The molecule has 0 aromatic heterocycles. The maximum Gasteiger partial charge on any atom is 0.138 e. The number of allylic oxidation sites excluding steroid dienone is 4. The maximum atomic E-state index is 2.33. The summed E-state index contributed by atoms with van der Waals surface area (Å²) < 4.78 is 0. The lowest BCUT2D eigenvalue weighted by Gasteiger charge is -2.08. The third-order valence-electron chi connectivity index (χ3n) is 2.32. The average molecular weight is 134 g/mol. The molecule has 1 aliphatic rings. The summed E-state index contributed by atoms with van der Waals surface area (Å²) in [6.07, 6.45) is 7.10. The van der Waals surface area contributed by atoms with Gasteiger partial charge in [0.25, 0.3) is 0 Å². The van der Waals surface area contributed by atoms with Gasteiger partial charge in [-0.15, -0.1) is 0 Å². The lowest BCUT2D eigenvalue weighted by atomic mass is 9.95. The molecule has 0 fully saturated rings. The molecule has 1 unspecified atom stereocenters. The molecule has 1 atom stereocenters. The van der Waals surface area contributed by atoms with Crippen LogP contribution in [0.3, 0.4) is 0 Å². The molecule has 0 saturated carbocycles. The van der Waals surface area contributed by atoms with Gasteiger partial charge >= 0.3 is 0 Å². The summed E-state index contributed by atoms with van der Waals surface area (Å²) in [6, 6.07) is 0. The van der Waals surface area contributed by atoms with Crippen molar-refractivity contribution in [3.63, 3.8) is 0 Å². The summed E-state index contributed by atoms with van der Waals surface area (Å²) in [5.74, 6) is 0.786. The van der Waals surface area contributed by atoms with Gasteiger partial charge in [0.15, 0.2) is 0 Å². The van der Waals surface area contributed by atoms with E-state index < -0.39 is 0 Å². The van der Waals surface area contributed by atoms with Crippen LogP contribution in [-0.4, -0.2) is 7.85 Å². The first-order valence-corrected chi connectivity index (χ1v) is 4.11. The summed E-state index contributed by atoms with van der Waals surface area (Å²) in [5, 5.41) is 0. The molecular formula is C9H15B. The number of hydrogen-bond donors (Lipinski definition) is 0. The Morgan fingerprint density at radius 1 is 1.70 bits per heavy atom. The Hall–Kier alpha value is -0.455. The average Bonchev–Trinajstić information content (AvgIpc) is 2.34. The van der Waals surface area contributed by atoms with Crippen LogP contribution in [0.25, 0.3) is 0 Å². The van der Waals surface area contributed by atoms with Crippen molar-refractivity contribution in [2.45, 2.75) is 26.7 Å². The van der Waals surface area contributed by atoms with E-state index in [0.717, 1.165) is 5.92 Å². The zero-order valence-electron chi connectivity index (χ0n) is 7.15. The molecule has 54 valence electrons. The first-order chi connectivity index (χ1) is 4.74. The quantitative estimate of drug-likeness (QED) is 0.506. The Balaban J connectivity index is 2.54. The van der Waals surface area contributed by atoms with Crippen molar-refractivity contribution in [1.82, 2.24) is 0 Å². The third-order valence-corrected chi connectivity index (χ3v) is 2.32. The lowest BCUT2D eigenvalue weighted by Crippen LogP contribution is -1.94. The number of hydrogen-bond acceptors (Lipinski definition) is 0. The summed E-state index contributed by atoms with van der Waals surface area (Å²) in [4.78, 5) is 0. The van der Waals surface area contributed by atoms with E-state index in [0.29, 0.717) is 0 Å². The summed E-state index contributed by atoms with van der Waals surface area (Å²) >= 11 is 0. The van der Waals surface area contributed by atoms with E-state index in [1.807, 2.05) is 0 Å². The predicted molar refractivity (Wildman–Crippen MR) is 48.8 cm³/mol. The Morgan fingerprint density at radius 3 is 2.80 bits per heavy atom. The first kappa shape index (κ1) is 7.65. The second-order valence-electron chi connectivity index (χ2n) is 3.18. The van der Waals surface area contributed by atoms with E-state index >= 15 is 0 Å². The van der Waals surface area contributed by atoms with E-state index in [1.54, 1.807) is 5.57 Å². The van der Waals surface area contributed by atoms with Crippen LogP contribution in [0.1, 0.15) is 26.7 Å². The van der Waals surface area contributed by atoms with Crippen molar-refractivity contribution in [2.24, 2.45) is 5.92 Å². The van der Waals surface area contributed by atoms with Crippen molar-refractivity contribution in [2.75, 3.05) is 0 Å². The Morgan fingerprint density at radius 2 is 2.40 bits per heavy atom. The first-order valence-electron chi connectivity index (χ1n) is 4.11. The third kappa shape index (κ3) is 1.53. The highest BCUT2D eigenvalue weighted by atomic mass is 14.1. The van der Waals surface area contributed by atoms with Gasteiger partial charge in [-0.1, -0.05) is 37.0 Å². The molecule has 0 aromatic carbocycles. The highest BCUT2D eigenvalue weighted by Crippen LogP contribution is 2.24. The molecule has 0 bridgehead atoms. The molecule has 0 amide bonds. The van der Waals surface area contributed by atoms with E-state index in [-0.39, 0.29) is 0 Å². The molecule has 10 heavy (non-hydrogen) atoms. The largest absolute Gasteiger partial charge is 0.138 e. The van der Waals surface area contributed by atoms with Crippen LogP contribution in [0.2, 0.25) is 0 Å². The van der Waals surface area contributed by atoms with Gasteiger partial charge in [-0.05, 0) is 18.8 Å².